The Balaban J connectivity index is 3.35. The second-order valence-corrected chi connectivity index (χ2v) is 8.71. The van der Waals surface area contributed by atoms with E-state index in [1.54, 1.807) is 0 Å². The van der Waals surface area contributed by atoms with Gasteiger partial charge in [0.1, 0.15) is 5.75 Å². The van der Waals surface area contributed by atoms with Gasteiger partial charge >= 0.3 is 0 Å². The highest BCUT2D eigenvalue weighted by atomic mass is 16.5. The fraction of sp³-hybridized carbons (Fsp3) is 0.708. The molecule has 27 heavy (non-hydrogen) atoms. The minimum absolute atomic E-state index is 0.00823. The average Bonchev–Trinajstić information content (AvgIpc) is 2.66. The highest BCUT2D eigenvalue weighted by Gasteiger charge is 2.29. The van der Waals surface area contributed by atoms with Gasteiger partial charge in [0.15, 0.2) is 6.10 Å². The second kappa shape index (κ2) is 9.61. The van der Waals surface area contributed by atoms with Crippen molar-refractivity contribution in [1.82, 2.24) is 4.90 Å². The van der Waals surface area contributed by atoms with E-state index in [2.05, 4.69) is 59.7 Å². The first-order chi connectivity index (χ1) is 12.6. The molecule has 0 fully saturated rings. The van der Waals surface area contributed by atoms with Crippen LogP contribution in [0.25, 0.3) is 0 Å². The van der Waals surface area contributed by atoms with Crippen LogP contribution in [-0.4, -0.2) is 30.0 Å². The van der Waals surface area contributed by atoms with Gasteiger partial charge in [-0.3, -0.25) is 4.79 Å². The molecule has 1 aromatic carbocycles. The van der Waals surface area contributed by atoms with Gasteiger partial charge in [0.2, 0.25) is 0 Å². The molecular formula is C24H41NO2. The lowest BCUT2D eigenvalue weighted by molar-refractivity contribution is -0.138. The SMILES string of the molecule is CCC(Oc1ccc(C(C)(C)CC)cc1C(C)(C)CC)C(=O)N(CC)CC. The van der Waals surface area contributed by atoms with Crippen molar-refractivity contribution in [1.29, 1.82) is 0 Å². The van der Waals surface area contributed by atoms with Crippen LogP contribution < -0.4 is 4.74 Å². The van der Waals surface area contributed by atoms with Crippen LogP contribution in [-0.2, 0) is 15.6 Å². The average molecular weight is 376 g/mol. The summed E-state index contributed by atoms with van der Waals surface area (Å²) in [7, 11) is 0. The zero-order valence-corrected chi connectivity index (χ0v) is 19.1. The molecule has 0 saturated heterocycles. The Bertz CT molecular complexity index is 615. The molecule has 0 spiro atoms. The molecule has 0 N–H and O–H groups in total. The molecule has 1 rings (SSSR count). The van der Waals surface area contributed by atoms with Crippen LogP contribution in [0, 0.1) is 0 Å². The summed E-state index contributed by atoms with van der Waals surface area (Å²) in [6.45, 7) is 21.0. The predicted octanol–water partition coefficient (Wildman–Crippen LogP) is 6.09. The lowest BCUT2D eigenvalue weighted by Gasteiger charge is -2.32. The molecule has 0 bridgehead atoms. The maximum Gasteiger partial charge on any atom is 0.263 e. The summed E-state index contributed by atoms with van der Waals surface area (Å²) in [5.41, 5.74) is 2.65. The normalized spacial score (nSPS) is 13.4. The van der Waals surface area contributed by atoms with Crippen molar-refractivity contribution >= 4 is 5.91 Å². The van der Waals surface area contributed by atoms with E-state index in [-0.39, 0.29) is 16.7 Å². The van der Waals surface area contributed by atoms with Crippen LogP contribution in [0.1, 0.15) is 92.7 Å². The number of hydrogen-bond acceptors (Lipinski definition) is 2. The van der Waals surface area contributed by atoms with E-state index < -0.39 is 6.10 Å². The molecule has 0 aliphatic carbocycles. The first-order valence-corrected chi connectivity index (χ1v) is 10.7. The molecule has 0 heterocycles. The van der Waals surface area contributed by atoms with Gasteiger partial charge in [-0.2, -0.15) is 0 Å². The number of amides is 1. The number of likely N-dealkylation sites (N-methyl/N-ethyl adjacent to an activating group) is 1. The van der Waals surface area contributed by atoms with Crippen LogP contribution in [0.5, 0.6) is 5.75 Å². The molecule has 0 radical (unpaired) electrons. The monoisotopic (exact) mass is 375 g/mol. The summed E-state index contributed by atoms with van der Waals surface area (Å²) in [6.07, 6.45) is 2.34. The summed E-state index contributed by atoms with van der Waals surface area (Å²) in [5, 5.41) is 0. The molecular weight excluding hydrogens is 334 g/mol. The number of ether oxygens (including phenoxy) is 1. The maximum absolute atomic E-state index is 12.8. The zero-order chi connectivity index (χ0) is 20.8. The summed E-state index contributed by atoms with van der Waals surface area (Å²) in [4.78, 5) is 14.7. The smallest absolute Gasteiger partial charge is 0.263 e. The summed E-state index contributed by atoms with van der Waals surface area (Å²) < 4.78 is 6.34. The van der Waals surface area contributed by atoms with Crippen molar-refractivity contribution in [2.45, 2.75) is 98.5 Å². The van der Waals surface area contributed by atoms with Crippen LogP contribution in [0.2, 0.25) is 0 Å². The van der Waals surface area contributed by atoms with E-state index >= 15 is 0 Å². The Labute approximate surface area is 167 Å². The number of rotatable bonds is 10. The van der Waals surface area contributed by atoms with Crippen LogP contribution in [0.15, 0.2) is 18.2 Å². The van der Waals surface area contributed by atoms with Gasteiger partial charge in [0.05, 0.1) is 0 Å². The van der Waals surface area contributed by atoms with Crippen molar-refractivity contribution in [2.24, 2.45) is 0 Å². The molecule has 1 aromatic rings. The van der Waals surface area contributed by atoms with Crippen LogP contribution in [0.3, 0.4) is 0 Å². The molecule has 1 amide bonds. The second-order valence-electron chi connectivity index (χ2n) is 8.71. The Morgan fingerprint density at radius 2 is 1.52 bits per heavy atom. The maximum atomic E-state index is 12.8. The Hall–Kier alpha value is -1.51. The Morgan fingerprint density at radius 1 is 0.963 bits per heavy atom. The standard InChI is InChI=1S/C24H41NO2/c1-10-20(22(26)25(13-4)14-5)27-21-16-15-18(23(6,7)11-2)17-19(21)24(8,9)12-3/h15-17,20H,10-14H2,1-9H3. The zero-order valence-electron chi connectivity index (χ0n) is 19.1. The van der Waals surface area contributed by atoms with E-state index in [9.17, 15) is 4.79 Å². The molecule has 1 unspecified atom stereocenters. The molecule has 0 aliphatic heterocycles. The largest absolute Gasteiger partial charge is 0.480 e. The number of benzene rings is 1. The van der Waals surface area contributed by atoms with Crippen LogP contribution in [0.4, 0.5) is 0 Å². The van der Waals surface area contributed by atoms with Gasteiger partial charge in [-0.1, -0.05) is 60.6 Å². The molecule has 0 saturated carbocycles. The minimum Gasteiger partial charge on any atom is -0.480 e. The van der Waals surface area contributed by atoms with Gasteiger partial charge in [-0.15, -0.1) is 0 Å². The molecule has 154 valence electrons. The fourth-order valence-corrected chi connectivity index (χ4v) is 3.18. The van der Waals surface area contributed by atoms with Gasteiger partial charge in [0, 0.05) is 18.7 Å². The third kappa shape index (κ3) is 5.49. The Morgan fingerprint density at radius 3 is 1.96 bits per heavy atom. The molecule has 0 aliphatic rings. The summed E-state index contributed by atoms with van der Waals surface area (Å²) in [5.74, 6) is 0.936. The first-order valence-electron chi connectivity index (χ1n) is 10.7. The number of carbonyl (C=O) groups excluding carboxylic acids is 1. The van der Waals surface area contributed by atoms with Gasteiger partial charge in [-0.05, 0) is 55.6 Å². The van der Waals surface area contributed by atoms with Crippen molar-refractivity contribution in [3.63, 3.8) is 0 Å². The van der Waals surface area contributed by atoms with Crippen molar-refractivity contribution in [3.05, 3.63) is 29.3 Å². The van der Waals surface area contributed by atoms with Gasteiger partial charge in [-0.25, -0.2) is 0 Å². The van der Waals surface area contributed by atoms with Crippen LogP contribution >= 0.6 is 0 Å². The van der Waals surface area contributed by atoms with E-state index in [0.717, 1.165) is 18.6 Å². The van der Waals surface area contributed by atoms with E-state index in [4.69, 9.17) is 4.74 Å². The third-order valence-corrected chi connectivity index (χ3v) is 6.25. The lowest BCUT2D eigenvalue weighted by atomic mass is 9.76. The minimum atomic E-state index is -0.429. The van der Waals surface area contributed by atoms with Crippen molar-refractivity contribution in [2.75, 3.05) is 13.1 Å². The first kappa shape index (κ1) is 23.5. The van der Waals surface area contributed by atoms with E-state index in [1.807, 2.05) is 25.7 Å². The molecule has 0 aromatic heterocycles. The summed E-state index contributed by atoms with van der Waals surface area (Å²) >= 11 is 0. The van der Waals surface area contributed by atoms with E-state index in [1.165, 1.54) is 11.1 Å². The highest BCUT2D eigenvalue weighted by molar-refractivity contribution is 5.81. The fourth-order valence-electron chi connectivity index (χ4n) is 3.18. The number of carbonyl (C=O) groups is 1. The number of nitrogens with zero attached hydrogens (tertiary/aromatic N) is 1. The topological polar surface area (TPSA) is 29.5 Å². The molecule has 3 heteroatoms. The Kier molecular flexibility index (Phi) is 8.38. The predicted molar refractivity (Wildman–Crippen MR) is 116 cm³/mol. The van der Waals surface area contributed by atoms with Crippen molar-refractivity contribution in [3.8, 4) is 5.75 Å². The van der Waals surface area contributed by atoms with E-state index in [0.29, 0.717) is 19.5 Å². The quantitative estimate of drug-likeness (QED) is 0.495. The summed E-state index contributed by atoms with van der Waals surface area (Å²) in [6, 6.07) is 6.55. The highest BCUT2D eigenvalue weighted by Crippen LogP contribution is 2.39. The van der Waals surface area contributed by atoms with Crippen molar-refractivity contribution < 1.29 is 9.53 Å². The molecule has 1 atom stereocenters. The number of hydrogen-bond donors (Lipinski definition) is 0. The lowest BCUT2D eigenvalue weighted by Crippen LogP contribution is -2.41. The van der Waals surface area contributed by atoms with Gasteiger partial charge in [0.25, 0.3) is 5.91 Å². The third-order valence-electron chi connectivity index (χ3n) is 6.25. The molecule has 3 nitrogen and oxygen atoms in total. The van der Waals surface area contributed by atoms with Gasteiger partial charge < -0.3 is 9.64 Å².